The third-order valence-electron chi connectivity index (χ3n) is 4.06. The minimum Gasteiger partial charge on any atom is -0.490 e. The smallest absolute Gasteiger partial charge is 0.178 e. The van der Waals surface area contributed by atoms with Crippen molar-refractivity contribution >= 4 is 35.1 Å². The molecular weight excluding hydrogens is 409 g/mol. The average molecular weight is 432 g/mol. The minimum absolute atomic E-state index is 0.0940. The first kappa shape index (κ1) is 22.8. The Morgan fingerprint density at radius 2 is 1.76 bits per heavy atom. The number of nitrogens with zero attached hydrogens (tertiary/aromatic N) is 1. The van der Waals surface area contributed by atoms with Crippen molar-refractivity contribution in [2.45, 2.75) is 34.3 Å². The lowest BCUT2D eigenvalue weighted by atomic mass is 9.86. The minimum atomic E-state index is -0.637. The lowest BCUT2D eigenvalue weighted by molar-refractivity contribution is -0.121. The van der Waals surface area contributed by atoms with E-state index in [0.29, 0.717) is 39.3 Å². The molecule has 29 heavy (non-hydrogen) atoms. The average Bonchev–Trinajstić information content (AvgIpc) is 2.66. The standard InChI is InChI=1S/C23H23Cl2NO3/c1-5-28-21-12-15(11-16(13-26)22(27)23(2,3)4)9-10-20(21)29-14-17-18(24)7-6-8-19(17)25/h6-12H,5,14H2,1-4H3. The molecule has 0 unspecified atom stereocenters. The summed E-state index contributed by atoms with van der Waals surface area (Å²) in [7, 11) is 0. The molecule has 0 aromatic heterocycles. The molecule has 0 saturated carbocycles. The van der Waals surface area contributed by atoms with Crippen LogP contribution in [0.25, 0.3) is 6.08 Å². The van der Waals surface area contributed by atoms with Gasteiger partial charge in [-0.2, -0.15) is 5.26 Å². The number of rotatable bonds is 7. The number of carbonyl (C=O) groups excluding carboxylic acids is 1. The highest BCUT2D eigenvalue weighted by Gasteiger charge is 2.25. The van der Waals surface area contributed by atoms with E-state index in [1.165, 1.54) is 0 Å². The molecule has 2 aromatic carbocycles. The molecule has 0 spiro atoms. The Bertz CT molecular complexity index is 949. The zero-order valence-electron chi connectivity index (χ0n) is 16.9. The topological polar surface area (TPSA) is 59.3 Å². The normalized spacial score (nSPS) is 11.7. The molecule has 6 heteroatoms. The SMILES string of the molecule is CCOc1cc(C=C(C#N)C(=O)C(C)(C)C)ccc1OCc1c(Cl)cccc1Cl. The number of halogens is 2. The largest absolute Gasteiger partial charge is 0.490 e. The second-order valence-corrected chi connectivity index (χ2v) is 8.19. The van der Waals surface area contributed by atoms with E-state index in [4.69, 9.17) is 32.7 Å². The summed E-state index contributed by atoms with van der Waals surface area (Å²) in [5, 5.41) is 10.4. The monoisotopic (exact) mass is 431 g/mol. The van der Waals surface area contributed by atoms with Crippen LogP contribution in [0.2, 0.25) is 10.0 Å². The molecule has 0 saturated heterocycles. The zero-order valence-corrected chi connectivity index (χ0v) is 18.4. The van der Waals surface area contributed by atoms with Gasteiger partial charge in [0.2, 0.25) is 0 Å². The highest BCUT2D eigenvalue weighted by atomic mass is 35.5. The number of hydrogen-bond acceptors (Lipinski definition) is 4. The molecule has 152 valence electrons. The Hall–Kier alpha value is -2.48. The third-order valence-corrected chi connectivity index (χ3v) is 4.77. The van der Waals surface area contributed by atoms with Crippen LogP contribution in [-0.2, 0) is 11.4 Å². The fourth-order valence-electron chi connectivity index (χ4n) is 2.54. The summed E-state index contributed by atoms with van der Waals surface area (Å²) >= 11 is 12.4. The van der Waals surface area contributed by atoms with Crippen LogP contribution in [0, 0.1) is 16.7 Å². The van der Waals surface area contributed by atoms with E-state index >= 15 is 0 Å². The molecule has 0 amide bonds. The Morgan fingerprint density at radius 3 is 2.31 bits per heavy atom. The van der Waals surface area contributed by atoms with Crippen LogP contribution in [0.15, 0.2) is 42.0 Å². The maximum atomic E-state index is 12.4. The molecule has 0 aliphatic heterocycles. The Balaban J connectivity index is 2.32. The molecule has 0 N–H and O–H groups in total. The molecule has 0 aliphatic carbocycles. The summed E-state index contributed by atoms with van der Waals surface area (Å²) in [6.45, 7) is 7.82. The second-order valence-electron chi connectivity index (χ2n) is 7.38. The van der Waals surface area contributed by atoms with Crippen LogP contribution in [0.3, 0.4) is 0 Å². The van der Waals surface area contributed by atoms with Crippen molar-refractivity contribution in [1.82, 2.24) is 0 Å². The predicted molar refractivity (Wildman–Crippen MR) is 116 cm³/mol. The van der Waals surface area contributed by atoms with Crippen LogP contribution in [0.1, 0.15) is 38.8 Å². The summed E-state index contributed by atoms with van der Waals surface area (Å²) in [5.41, 5.74) is 0.814. The van der Waals surface area contributed by atoms with Gasteiger partial charge in [-0.25, -0.2) is 0 Å². The van der Waals surface area contributed by atoms with Crippen molar-refractivity contribution in [3.63, 3.8) is 0 Å². The van der Waals surface area contributed by atoms with E-state index in [1.54, 1.807) is 63.2 Å². The van der Waals surface area contributed by atoms with Gasteiger partial charge in [-0.05, 0) is 42.8 Å². The molecule has 2 rings (SSSR count). The maximum absolute atomic E-state index is 12.4. The number of benzene rings is 2. The third kappa shape index (κ3) is 6.00. The van der Waals surface area contributed by atoms with Gasteiger partial charge in [0.15, 0.2) is 17.3 Å². The first-order chi connectivity index (χ1) is 13.7. The Morgan fingerprint density at radius 1 is 1.10 bits per heavy atom. The van der Waals surface area contributed by atoms with Crippen molar-refractivity contribution in [2.75, 3.05) is 6.61 Å². The maximum Gasteiger partial charge on any atom is 0.178 e. The van der Waals surface area contributed by atoms with Crippen molar-refractivity contribution in [3.05, 3.63) is 63.1 Å². The number of Topliss-reactive ketones (excluding diaryl/α,β-unsaturated/α-hetero) is 1. The van der Waals surface area contributed by atoms with E-state index in [-0.39, 0.29) is 18.0 Å². The molecule has 0 radical (unpaired) electrons. The number of nitriles is 1. The molecule has 2 aromatic rings. The van der Waals surface area contributed by atoms with Crippen LogP contribution in [0.5, 0.6) is 11.5 Å². The lowest BCUT2D eigenvalue weighted by Crippen LogP contribution is -2.21. The number of hydrogen-bond donors (Lipinski definition) is 0. The van der Waals surface area contributed by atoms with Gasteiger partial charge >= 0.3 is 0 Å². The van der Waals surface area contributed by atoms with Gasteiger partial charge in [0, 0.05) is 21.0 Å². The molecule has 0 fully saturated rings. The summed E-state index contributed by atoms with van der Waals surface area (Å²) in [5.74, 6) is 0.803. The summed E-state index contributed by atoms with van der Waals surface area (Å²) in [6, 6.07) is 12.5. The van der Waals surface area contributed by atoms with Crippen molar-refractivity contribution in [2.24, 2.45) is 5.41 Å². The number of ketones is 1. The molecule has 0 atom stereocenters. The van der Waals surface area contributed by atoms with E-state index in [1.807, 2.05) is 13.0 Å². The van der Waals surface area contributed by atoms with E-state index in [2.05, 4.69) is 0 Å². The summed E-state index contributed by atoms with van der Waals surface area (Å²) in [6.07, 6.45) is 1.56. The molecule has 0 heterocycles. The summed E-state index contributed by atoms with van der Waals surface area (Å²) in [4.78, 5) is 12.4. The zero-order chi connectivity index (χ0) is 21.6. The summed E-state index contributed by atoms with van der Waals surface area (Å²) < 4.78 is 11.6. The Kier molecular flexibility index (Phi) is 7.73. The Labute approximate surface area is 181 Å². The van der Waals surface area contributed by atoms with E-state index in [0.717, 1.165) is 0 Å². The fourth-order valence-corrected chi connectivity index (χ4v) is 3.05. The van der Waals surface area contributed by atoms with Crippen LogP contribution >= 0.6 is 23.2 Å². The van der Waals surface area contributed by atoms with Crippen LogP contribution in [-0.4, -0.2) is 12.4 Å². The van der Waals surface area contributed by atoms with Crippen molar-refractivity contribution in [3.8, 4) is 17.6 Å². The number of ether oxygens (including phenoxy) is 2. The highest BCUT2D eigenvalue weighted by Crippen LogP contribution is 2.32. The van der Waals surface area contributed by atoms with Gasteiger partial charge in [0.1, 0.15) is 12.7 Å². The van der Waals surface area contributed by atoms with Crippen molar-refractivity contribution < 1.29 is 14.3 Å². The van der Waals surface area contributed by atoms with Crippen LogP contribution in [0.4, 0.5) is 0 Å². The van der Waals surface area contributed by atoms with Gasteiger partial charge in [0.05, 0.1) is 12.2 Å². The van der Waals surface area contributed by atoms with Gasteiger partial charge in [-0.3, -0.25) is 4.79 Å². The first-order valence-corrected chi connectivity index (χ1v) is 9.92. The molecule has 0 bridgehead atoms. The highest BCUT2D eigenvalue weighted by molar-refractivity contribution is 6.35. The predicted octanol–water partition coefficient (Wildman–Crippen LogP) is 6.49. The lowest BCUT2D eigenvalue weighted by Gasteiger charge is -2.16. The first-order valence-electron chi connectivity index (χ1n) is 9.16. The van der Waals surface area contributed by atoms with Crippen molar-refractivity contribution in [1.29, 1.82) is 5.26 Å². The van der Waals surface area contributed by atoms with Crippen LogP contribution < -0.4 is 9.47 Å². The van der Waals surface area contributed by atoms with Gasteiger partial charge in [-0.1, -0.05) is 56.1 Å². The molecular formula is C23H23Cl2NO3. The number of carbonyl (C=O) groups is 1. The van der Waals surface area contributed by atoms with E-state index < -0.39 is 5.41 Å². The quantitative estimate of drug-likeness (QED) is 0.371. The second kappa shape index (κ2) is 9.82. The van der Waals surface area contributed by atoms with Gasteiger partial charge in [-0.15, -0.1) is 0 Å². The molecule has 0 aliphatic rings. The van der Waals surface area contributed by atoms with Gasteiger partial charge < -0.3 is 9.47 Å². The fraction of sp³-hybridized carbons (Fsp3) is 0.304. The molecule has 4 nitrogen and oxygen atoms in total. The van der Waals surface area contributed by atoms with E-state index in [9.17, 15) is 10.1 Å². The number of allylic oxidation sites excluding steroid dienone is 1. The van der Waals surface area contributed by atoms with Gasteiger partial charge in [0.25, 0.3) is 0 Å².